The largest absolute Gasteiger partial charge is 0.449 e. The number of thioether (sulfide) groups is 1. The van der Waals surface area contributed by atoms with Gasteiger partial charge in [0.05, 0.1) is 16.7 Å². The minimum atomic E-state index is -0.787. The number of carbonyl (C=O) groups excluding carboxylic acids is 3. The van der Waals surface area contributed by atoms with E-state index in [9.17, 15) is 14.4 Å². The molecule has 0 saturated carbocycles. The molecule has 5 aromatic rings. The Morgan fingerprint density at radius 2 is 1.16 bits per heavy atom. The van der Waals surface area contributed by atoms with Crippen LogP contribution in [0, 0.1) is 5.92 Å². The molecule has 0 radical (unpaired) electrons. The first-order chi connectivity index (χ1) is 24.5. The molecule has 0 saturated heterocycles. The zero-order chi connectivity index (χ0) is 34.9. The number of rotatable bonds is 14. The van der Waals surface area contributed by atoms with Gasteiger partial charge in [-0.15, -0.1) is 11.8 Å². The maximum Gasteiger partial charge on any atom is 0.407 e. The smallest absolute Gasteiger partial charge is 0.407 e. The fourth-order valence-electron chi connectivity index (χ4n) is 7.00. The average molecular weight is 683 g/mol. The number of hydrogen-bond donors (Lipinski definition) is 2. The van der Waals surface area contributed by atoms with E-state index >= 15 is 0 Å². The summed E-state index contributed by atoms with van der Waals surface area (Å²) >= 11 is 1.64. The lowest BCUT2D eigenvalue weighted by Gasteiger charge is -2.36. The Morgan fingerprint density at radius 1 is 0.700 bits per heavy atom. The number of benzene rings is 5. The van der Waals surface area contributed by atoms with Crippen molar-refractivity contribution in [2.75, 3.05) is 19.4 Å². The molecule has 2 amide bonds. The fraction of sp³-hybridized carbons (Fsp3) is 0.233. The van der Waals surface area contributed by atoms with Crippen LogP contribution < -0.4 is 10.6 Å². The highest BCUT2D eigenvalue weighted by Crippen LogP contribution is 2.49. The molecule has 0 heterocycles. The zero-order valence-corrected chi connectivity index (χ0v) is 29.2. The fourth-order valence-corrected chi connectivity index (χ4v) is 8.63. The van der Waals surface area contributed by atoms with Crippen LogP contribution in [0.4, 0.5) is 4.79 Å². The molecule has 5 aromatic carbocycles. The van der Waals surface area contributed by atoms with E-state index in [0.29, 0.717) is 12.2 Å². The van der Waals surface area contributed by atoms with Crippen LogP contribution in [0.15, 0.2) is 140 Å². The second-order valence-corrected chi connectivity index (χ2v) is 13.7. The molecular formula is C43H42N2O4S. The second-order valence-electron chi connectivity index (χ2n) is 12.5. The summed E-state index contributed by atoms with van der Waals surface area (Å²) in [6.45, 7) is 2.00. The van der Waals surface area contributed by atoms with Gasteiger partial charge in [0.25, 0.3) is 0 Å². The van der Waals surface area contributed by atoms with Gasteiger partial charge in [-0.3, -0.25) is 9.59 Å². The van der Waals surface area contributed by atoms with Crippen LogP contribution in [0.1, 0.15) is 53.5 Å². The first kappa shape index (κ1) is 34.7. The van der Waals surface area contributed by atoms with E-state index in [1.54, 1.807) is 18.8 Å². The first-order valence-corrected chi connectivity index (χ1v) is 18.1. The lowest BCUT2D eigenvalue weighted by Crippen LogP contribution is -2.43. The molecule has 0 aromatic heterocycles. The van der Waals surface area contributed by atoms with E-state index in [-0.39, 0.29) is 30.6 Å². The summed E-state index contributed by atoms with van der Waals surface area (Å²) in [7, 11) is 1.59. The normalized spacial score (nSPS) is 13.4. The highest BCUT2D eigenvalue weighted by Gasteiger charge is 2.39. The highest BCUT2D eigenvalue weighted by atomic mass is 32.2. The van der Waals surface area contributed by atoms with Crippen molar-refractivity contribution in [2.24, 2.45) is 5.92 Å². The molecule has 0 fully saturated rings. The predicted octanol–water partition coefficient (Wildman–Crippen LogP) is 8.35. The number of alkyl carbamates (subject to hydrolysis) is 1. The van der Waals surface area contributed by atoms with Crippen LogP contribution in [0.3, 0.4) is 0 Å². The Hall–Kier alpha value is -5.14. The van der Waals surface area contributed by atoms with Crippen molar-refractivity contribution in [1.82, 2.24) is 10.6 Å². The van der Waals surface area contributed by atoms with E-state index < -0.39 is 22.8 Å². The molecule has 0 spiro atoms. The van der Waals surface area contributed by atoms with E-state index in [0.717, 1.165) is 38.9 Å². The van der Waals surface area contributed by atoms with Crippen LogP contribution in [0.2, 0.25) is 0 Å². The van der Waals surface area contributed by atoms with Crippen molar-refractivity contribution >= 4 is 29.5 Å². The molecular weight excluding hydrogens is 641 g/mol. The Kier molecular flexibility index (Phi) is 11.1. The van der Waals surface area contributed by atoms with Gasteiger partial charge in [0.15, 0.2) is 5.78 Å². The lowest BCUT2D eigenvalue weighted by atomic mass is 9.84. The van der Waals surface area contributed by atoms with E-state index in [2.05, 4.69) is 71.3 Å². The number of fused-ring (bicyclic) bond motifs is 3. The van der Waals surface area contributed by atoms with Crippen molar-refractivity contribution in [3.63, 3.8) is 0 Å². The average Bonchev–Trinajstić information content (AvgIpc) is 3.50. The standard InChI is InChI=1S/C43H42N2O4S/c1-3-39(45-42(48)49-28-38-36-25-15-13-23-34(36)35-24-14-16-26-37(35)38)40(46)27-30(41(47)44-2)29-50-43(31-17-7-4-8-18-31,32-19-9-5-10-20-32)33-21-11-6-12-22-33/h4-26,30,38-39H,3,27-29H2,1-2H3,(H,44,47)(H,45,48)/t30-,39?/m0/s1. The molecule has 1 aliphatic carbocycles. The van der Waals surface area contributed by atoms with Gasteiger partial charge in [0.1, 0.15) is 6.61 Å². The Labute approximate surface area is 298 Å². The summed E-state index contributed by atoms with van der Waals surface area (Å²) in [5, 5.41) is 5.58. The van der Waals surface area contributed by atoms with Crippen molar-refractivity contribution in [1.29, 1.82) is 0 Å². The van der Waals surface area contributed by atoms with E-state index in [4.69, 9.17) is 4.74 Å². The maximum absolute atomic E-state index is 13.8. The number of Topliss-reactive ketones (excluding diaryl/α,β-unsaturated/α-hetero) is 1. The number of amides is 2. The summed E-state index contributed by atoms with van der Waals surface area (Å²) in [6.07, 6.45) is -0.295. The molecule has 50 heavy (non-hydrogen) atoms. The topological polar surface area (TPSA) is 84.5 Å². The minimum absolute atomic E-state index is 0.0245. The zero-order valence-electron chi connectivity index (χ0n) is 28.4. The predicted molar refractivity (Wildman–Crippen MR) is 201 cm³/mol. The molecule has 1 aliphatic rings. The molecule has 7 heteroatoms. The highest BCUT2D eigenvalue weighted by molar-refractivity contribution is 8.00. The van der Waals surface area contributed by atoms with Gasteiger partial charge in [-0.05, 0) is 45.4 Å². The van der Waals surface area contributed by atoms with Crippen LogP contribution in [-0.2, 0) is 19.1 Å². The minimum Gasteiger partial charge on any atom is -0.449 e. The summed E-state index contributed by atoms with van der Waals surface area (Å²) in [4.78, 5) is 40.3. The Balaban J connectivity index is 1.17. The molecule has 0 bridgehead atoms. The quantitative estimate of drug-likeness (QED) is 0.115. The van der Waals surface area contributed by atoms with Crippen molar-refractivity contribution in [2.45, 2.75) is 36.5 Å². The molecule has 254 valence electrons. The number of nitrogens with one attached hydrogen (secondary N) is 2. The van der Waals surface area contributed by atoms with Gasteiger partial charge in [-0.25, -0.2) is 4.79 Å². The van der Waals surface area contributed by atoms with Gasteiger partial charge in [-0.2, -0.15) is 0 Å². The molecule has 1 unspecified atom stereocenters. The summed E-state index contributed by atoms with van der Waals surface area (Å²) in [5.41, 5.74) is 7.76. The maximum atomic E-state index is 13.8. The monoisotopic (exact) mass is 682 g/mol. The van der Waals surface area contributed by atoms with Gasteiger partial charge in [-0.1, -0.05) is 146 Å². The van der Waals surface area contributed by atoms with E-state index in [1.165, 1.54) is 0 Å². The van der Waals surface area contributed by atoms with Gasteiger partial charge in [0, 0.05) is 25.1 Å². The summed E-state index contributed by atoms with van der Waals surface area (Å²) in [6, 6.07) is 46.3. The second kappa shape index (κ2) is 16.0. The third-order valence-electron chi connectivity index (χ3n) is 9.54. The Morgan fingerprint density at radius 3 is 1.62 bits per heavy atom. The number of carbonyl (C=O) groups is 3. The molecule has 6 nitrogen and oxygen atoms in total. The third-order valence-corrected chi connectivity index (χ3v) is 11.2. The first-order valence-electron chi connectivity index (χ1n) is 17.1. The number of ketones is 1. The summed E-state index contributed by atoms with van der Waals surface area (Å²) < 4.78 is 5.11. The third kappa shape index (κ3) is 7.24. The lowest BCUT2D eigenvalue weighted by molar-refractivity contribution is -0.129. The molecule has 0 aliphatic heterocycles. The van der Waals surface area contributed by atoms with Crippen molar-refractivity contribution < 1.29 is 19.1 Å². The van der Waals surface area contributed by atoms with Gasteiger partial charge >= 0.3 is 6.09 Å². The number of hydrogen-bond acceptors (Lipinski definition) is 5. The number of ether oxygens (including phenoxy) is 1. The van der Waals surface area contributed by atoms with Crippen molar-refractivity contribution in [3.8, 4) is 11.1 Å². The van der Waals surface area contributed by atoms with Crippen LogP contribution in [0.5, 0.6) is 0 Å². The van der Waals surface area contributed by atoms with E-state index in [1.807, 2.05) is 85.8 Å². The van der Waals surface area contributed by atoms with Crippen LogP contribution >= 0.6 is 11.8 Å². The van der Waals surface area contributed by atoms with Gasteiger partial charge in [0.2, 0.25) is 5.91 Å². The van der Waals surface area contributed by atoms with Crippen molar-refractivity contribution in [3.05, 3.63) is 167 Å². The molecule has 6 rings (SSSR count). The van der Waals surface area contributed by atoms with Crippen LogP contribution in [-0.4, -0.2) is 43.2 Å². The van der Waals surface area contributed by atoms with Gasteiger partial charge < -0.3 is 15.4 Å². The Bertz CT molecular complexity index is 1770. The van der Waals surface area contributed by atoms with Crippen LogP contribution in [0.25, 0.3) is 11.1 Å². The molecule has 2 atom stereocenters. The summed E-state index contributed by atoms with van der Waals surface area (Å²) in [5.74, 6) is -0.778. The SMILES string of the molecule is CCC(NC(=O)OCC1c2ccccc2-c2ccccc21)C(=O)C[C@@H](CSC(c1ccccc1)(c1ccccc1)c1ccccc1)C(=O)NC. The molecule has 2 N–H and O–H groups in total.